The number of primary amides is 1. The molecule has 1 aromatic rings. The molecule has 1 aliphatic heterocycles. The van der Waals surface area contributed by atoms with Crippen LogP contribution in [0.1, 0.15) is 29.3 Å². The lowest BCUT2D eigenvalue weighted by Crippen LogP contribution is -2.41. The number of hydrogen-bond acceptors (Lipinski definition) is 5. The van der Waals surface area contributed by atoms with E-state index >= 15 is 0 Å². The van der Waals surface area contributed by atoms with E-state index in [4.69, 9.17) is 5.73 Å². The van der Waals surface area contributed by atoms with Crippen LogP contribution in [0.25, 0.3) is 0 Å². The third-order valence-electron chi connectivity index (χ3n) is 3.77. The van der Waals surface area contributed by atoms with E-state index in [0.29, 0.717) is 5.56 Å². The molecule has 4 amide bonds. The number of rotatable bonds is 5. The van der Waals surface area contributed by atoms with Gasteiger partial charge in [-0.15, -0.1) is 0 Å². The molecule has 1 unspecified atom stereocenters. The molecule has 0 radical (unpaired) electrons. The Morgan fingerprint density at radius 1 is 1.35 bits per heavy atom. The molecule has 1 heterocycles. The van der Waals surface area contributed by atoms with E-state index in [9.17, 15) is 19.2 Å². The van der Waals surface area contributed by atoms with E-state index < -0.39 is 29.4 Å². The Labute approximate surface area is 132 Å². The van der Waals surface area contributed by atoms with Gasteiger partial charge in [0.15, 0.2) is 0 Å². The predicted octanol–water partition coefficient (Wildman–Crippen LogP) is 0.116. The molecule has 8 heteroatoms. The number of hydrogen-bond donors (Lipinski definition) is 2. The number of methoxy groups -OCH3 is 1. The number of nitrogens with two attached hydrogens (primary N) is 1. The van der Waals surface area contributed by atoms with Crippen LogP contribution in [-0.4, -0.2) is 42.4 Å². The maximum absolute atomic E-state index is 12.6. The van der Waals surface area contributed by atoms with Crippen molar-refractivity contribution in [3.05, 3.63) is 35.4 Å². The van der Waals surface area contributed by atoms with E-state index in [0.717, 1.165) is 4.90 Å². The second-order valence-corrected chi connectivity index (χ2v) is 5.28. The summed E-state index contributed by atoms with van der Waals surface area (Å²) in [5.74, 6) is -1.65. The average Bonchev–Trinajstić information content (AvgIpc) is 2.75. The van der Waals surface area contributed by atoms with Crippen LogP contribution in [0.2, 0.25) is 0 Å². The molecule has 1 fully saturated rings. The van der Waals surface area contributed by atoms with Crippen LogP contribution >= 0.6 is 0 Å². The van der Waals surface area contributed by atoms with Crippen molar-refractivity contribution in [2.45, 2.75) is 18.9 Å². The molecule has 2 rings (SSSR count). The van der Waals surface area contributed by atoms with Crippen LogP contribution in [0.5, 0.6) is 0 Å². The molecular formula is C15H17N3O5. The number of amides is 4. The van der Waals surface area contributed by atoms with Crippen molar-refractivity contribution in [2.24, 2.45) is 5.73 Å². The van der Waals surface area contributed by atoms with E-state index in [1.54, 1.807) is 12.1 Å². The monoisotopic (exact) mass is 319 g/mol. The second-order valence-electron chi connectivity index (χ2n) is 5.28. The molecule has 0 spiro atoms. The maximum atomic E-state index is 12.6. The van der Waals surface area contributed by atoms with Crippen molar-refractivity contribution in [1.82, 2.24) is 10.2 Å². The lowest BCUT2D eigenvalue weighted by Gasteiger charge is -2.22. The number of imide groups is 1. The quantitative estimate of drug-likeness (QED) is 0.590. The van der Waals surface area contributed by atoms with Crippen molar-refractivity contribution < 1.29 is 23.9 Å². The summed E-state index contributed by atoms with van der Waals surface area (Å²) >= 11 is 0. The average molecular weight is 319 g/mol. The van der Waals surface area contributed by atoms with Crippen LogP contribution in [0.4, 0.5) is 4.79 Å². The first-order valence-corrected chi connectivity index (χ1v) is 6.91. The Balaban J connectivity index is 2.27. The summed E-state index contributed by atoms with van der Waals surface area (Å²) in [5, 5.41) is 2.59. The smallest absolute Gasteiger partial charge is 0.325 e. The van der Waals surface area contributed by atoms with Gasteiger partial charge in [0.1, 0.15) is 5.54 Å². The Morgan fingerprint density at radius 3 is 2.65 bits per heavy atom. The third kappa shape index (κ3) is 3.01. The summed E-state index contributed by atoms with van der Waals surface area (Å²) in [6.07, 6.45) is -0.0902. The molecule has 0 bridgehead atoms. The van der Waals surface area contributed by atoms with Gasteiger partial charge < -0.3 is 15.8 Å². The Bertz CT molecular complexity index is 687. The van der Waals surface area contributed by atoms with Crippen LogP contribution in [0.3, 0.4) is 0 Å². The molecule has 3 N–H and O–H groups in total. The normalized spacial score (nSPS) is 20.3. The van der Waals surface area contributed by atoms with Crippen LogP contribution in [-0.2, 0) is 19.9 Å². The summed E-state index contributed by atoms with van der Waals surface area (Å²) in [6, 6.07) is 5.58. The summed E-state index contributed by atoms with van der Waals surface area (Å²) < 4.78 is 4.50. The molecule has 23 heavy (non-hydrogen) atoms. The largest absolute Gasteiger partial charge is 0.469 e. The first kappa shape index (κ1) is 16.5. The number of nitrogens with zero attached hydrogens (tertiary/aromatic N) is 1. The summed E-state index contributed by atoms with van der Waals surface area (Å²) in [7, 11) is 1.23. The Hall–Kier alpha value is -2.90. The van der Waals surface area contributed by atoms with E-state index in [-0.39, 0.29) is 18.5 Å². The molecule has 0 saturated carbocycles. The van der Waals surface area contributed by atoms with Gasteiger partial charge in [-0.1, -0.05) is 12.1 Å². The minimum atomic E-state index is -1.32. The van der Waals surface area contributed by atoms with E-state index in [2.05, 4.69) is 10.1 Å². The first-order valence-electron chi connectivity index (χ1n) is 6.91. The zero-order chi connectivity index (χ0) is 17.2. The fourth-order valence-electron chi connectivity index (χ4n) is 2.38. The van der Waals surface area contributed by atoms with Gasteiger partial charge in [0, 0.05) is 12.1 Å². The number of urea groups is 1. The zero-order valence-corrected chi connectivity index (χ0v) is 12.8. The van der Waals surface area contributed by atoms with Gasteiger partial charge >= 0.3 is 12.0 Å². The fraction of sp³-hybridized carbons (Fsp3) is 0.333. The van der Waals surface area contributed by atoms with Gasteiger partial charge in [-0.3, -0.25) is 19.3 Å². The minimum absolute atomic E-state index is 0.0809. The SMILES string of the molecule is COC(=O)CCN1C(=O)NC(C)(c2cccc(C(N)=O)c2)C1=O. The molecule has 1 aromatic carbocycles. The number of carbonyl (C=O) groups excluding carboxylic acids is 4. The molecule has 1 saturated heterocycles. The van der Waals surface area contributed by atoms with Gasteiger partial charge in [-0.25, -0.2) is 4.79 Å². The van der Waals surface area contributed by atoms with Gasteiger partial charge in [0.2, 0.25) is 5.91 Å². The highest BCUT2D eigenvalue weighted by Gasteiger charge is 2.48. The van der Waals surface area contributed by atoms with Crippen molar-refractivity contribution in [3.63, 3.8) is 0 Å². The van der Waals surface area contributed by atoms with Crippen molar-refractivity contribution in [2.75, 3.05) is 13.7 Å². The third-order valence-corrected chi connectivity index (χ3v) is 3.77. The lowest BCUT2D eigenvalue weighted by atomic mass is 9.90. The molecule has 122 valence electrons. The molecular weight excluding hydrogens is 302 g/mol. The van der Waals surface area contributed by atoms with E-state index in [1.165, 1.54) is 26.2 Å². The Kier molecular flexibility index (Phi) is 4.35. The summed E-state index contributed by atoms with van der Waals surface area (Å²) in [6.45, 7) is 1.45. The number of benzene rings is 1. The van der Waals surface area contributed by atoms with Gasteiger partial charge in [0.25, 0.3) is 5.91 Å². The van der Waals surface area contributed by atoms with E-state index in [1.807, 2.05) is 0 Å². The highest BCUT2D eigenvalue weighted by Crippen LogP contribution is 2.29. The number of ether oxygens (including phenoxy) is 1. The van der Waals surface area contributed by atoms with Crippen LogP contribution < -0.4 is 11.1 Å². The molecule has 0 aliphatic carbocycles. The summed E-state index contributed by atoms with van der Waals surface area (Å²) in [5.41, 5.74) is 4.59. The molecule has 1 aliphatic rings. The van der Waals surface area contributed by atoms with Gasteiger partial charge in [-0.2, -0.15) is 0 Å². The van der Waals surface area contributed by atoms with Crippen molar-refractivity contribution in [3.8, 4) is 0 Å². The standard InChI is InChI=1S/C15H17N3O5/c1-15(10-5-3-4-9(8-10)12(16)20)13(21)18(14(22)17-15)7-6-11(19)23-2/h3-5,8H,6-7H2,1-2H3,(H2,16,20)(H,17,22). The number of nitrogens with one attached hydrogen (secondary N) is 1. The second kappa shape index (κ2) is 6.07. The topological polar surface area (TPSA) is 119 Å². The highest BCUT2D eigenvalue weighted by molar-refractivity contribution is 6.07. The number of esters is 1. The van der Waals surface area contributed by atoms with Crippen molar-refractivity contribution >= 4 is 23.8 Å². The van der Waals surface area contributed by atoms with Gasteiger partial charge in [-0.05, 0) is 24.6 Å². The summed E-state index contributed by atoms with van der Waals surface area (Å²) in [4.78, 5) is 48.1. The van der Waals surface area contributed by atoms with Crippen molar-refractivity contribution in [1.29, 1.82) is 0 Å². The fourth-order valence-corrected chi connectivity index (χ4v) is 2.38. The Morgan fingerprint density at radius 2 is 2.04 bits per heavy atom. The molecule has 8 nitrogen and oxygen atoms in total. The molecule has 0 aromatic heterocycles. The van der Waals surface area contributed by atoms with Crippen LogP contribution in [0, 0.1) is 0 Å². The first-order chi connectivity index (χ1) is 10.8. The van der Waals surface area contributed by atoms with Crippen LogP contribution in [0.15, 0.2) is 24.3 Å². The highest BCUT2D eigenvalue weighted by atomic mass is 16.5. The number of carbonyl (C=O) groups is 4. The molecule has 1 atom stereocenters. The maximum Gasteiger partial charge on any atom is 0.325 e. The minimum Gasteiger partial charge on any atom is -0.469 e. The van der Waals surface area contributed by atoms with Gasteiger partial charge in [0.05, 0.1) is 13.5 Å². The predicted molar refractivity (Wildman–Crippen MR) is 79.2 cm³/mol. The lowest BCUT2D eigenvalue weighted by molar-refractivity contribution is -0.141. The zero-order valence-electron chi connectivity index (χ0n) is 12.8.